The van der Waals surface area contributed by atoms with Crippen LogP contribution in [0.25, 0.3) is 0 Å². The third kappa shape index (κ3) is 4.26. The Morgan fingerprint density at radius 2 is 1.95 bits per heavy atom. The number of carbonyl (C=O) groups is 3. The second-order valence-electron chi connectivity index (χ2n) is 10.7. The molecule has 2 atom stereocenters. The van der Waals surface area contributed by atoms with E-state index in [-0.39, 0.29) is 24.3 Å². The number of ether oxygens (including phenoxy) is 1. The highest BCUT2D eigenvalue weighted by Gasteiger charge is 2.61. The molecule has 0 saturated carbocycles. The standard InChI is InChI=1S/C30H33N5O4/c1-32-14-6-16-39-23-8-5-7-22(17-23)28-30(13-15-34(28)26(36)12-11-21-18-31-33(2)19-21)24-9-3-4-10-25(24)35(29(30)38)20-27(32)37/h3-5,7-10,17-19,28H,6,11-16,20H2,1-2H3/t28-,30+/m0/s1. The summed E-state index contributed by atoms with van der Waals surface area (Å²) in [5.74, 6) is 0.442. The van der Waals surface area contributed by atoms with Gasteiger partial charge in [0.15, 0.2) is 0 Å². The van der Waals surface area contributed by atoms with Crippen LogP contribution < -0.4 is 9.64 Å². The van der Waals surface area contributed by atoms with Gasteiger partial charge in [0.2, 0.25) is 17.7 Å². The number of carbonyl (C=O) groups excluding carboxylic acids is 3. The monoisotopic (exact) mass is 527 g/mol. The maximum Gasteiger partial charge on any atom is 0.242 e. The molecule has 3 amide bonds. The van der Waals surface area contributed by atoms with Gasteiger partial charge in [0, 0.05) is 45.5 Å². The Bertz CT molecular complexity index is 1430. The van der Waals surface area contributed by atoms with Gasteiger partial charge in [-0.3, -0.25) is 19.1 Å². The first-order chi connectivity index (χ1) is 18.9. The number of likely N-dealkylation sites (N-methyl/N-ethyl adjacent to an activating group) is 1. The van der Waals surface area contributed by atoms with Crippen molar-refractivity contribution in [1.82, 2.24) is 19.6 Å². The van der Waals surface area contributed by atoms with Crippen molar-refractivity contribution in [1.29, 1.82) is 0 Å². The number of anilines is 1. The van der Waals surface area contributed by atoms with Crippen molar-refractivity contribution in [2.24, 2.45) is 7.05 Å². The topological polar surface area (TPSA) is 88.0 Å². The molecule has 1 spiro atoms. The highest BCUT2D eigenvalue weighted by Crippen LogP contribution is 2.57. The number of aryl methyl sites for hydroxylation is 2. The first-order valence-corrected chi connectivity index (χ1v) is 13.5. The molecule has 0 unspecified atom stereocenters. The normalized spacial score (nSPS) is 22.8. The molecule has 202 valence electrons. The van der Waals surface area contributed by atoms with Crippen LogP contribution in [0.4, 0.5) is 5.69 Å². The van der Waals surface area contributed by atoms with Crippen molar-refractivity contribution in [3.63, 3.8) is 0 Å². The van der Waals surface area contributed by atoms with Gasteiger partial charge in [-0.1, -0.05) is 30.3 Å². The van der Waals surface area contributed by atoms with Crippen molar-refractivity contribution in [2.75, 3.05) is 38.2 Å². The number of hydrogen-bond donors (Lipinski definition) is 0. The molecule has 9 heteroatoms. The van der Waals surface area contributed by atoms with E-state index in [2.05, 4.69) is 5.10 Å². The van der Waals surface area contributed by atoms with Crippen LogP contribution in [-0.2, 0) is 33.3 Å². The van der Waals surface area contributed by atoms with E-state index in [0.29, 0.717) is 51.1 Å². The lowest BCUT2D eigenvalue weighted by Crippen LogP contribution is -2.48. The molecule has 3 aliphatic heterocycles. The Hall–Kier alpha value is -4.14. The molecule has 9 nitrogen and oxygen atoms in total. The minimum Gasteiger partial charge on any atom is -0.494 e. The summed E-state index contributed by atoms with van der Waals surface area (Å²) in [7, 11) is 3.62. The molecule has 2 aromatic carbocycles. The quantitative estimate of drug-likeness (QED) is 0.523. The Morgan fingerprint density at radius 1 is 1.10 bits per heavy atom. The van der Waals surface area contributed by atoms with Crippen molar-refractivity contribution in [3.8, 4) is 5.75 Å². The summed E-state index contributed by atoms with van der Waals surface area (Å²) in [6.45, 7) is 1.42. The van der Waals surface area contributed by atoms with E-state index in [9.17, 15) is 14.4 Å². The van der Waals surface area contributed by atoms with Crippen LogP contribution >= 0.6 is 0 Å². The predicted octanol–water partition coefficient (Wildman–Crippen LogP) is 2.85. The predicted molar refractivity (Wildman–Crippen MR) is 145 cm³/mol. The molecule has 4 heterocycles. The Balaban J connectivity index is 1.45. The molecule has 0 aliphatic carbocycles. The number of rotatable bonds is 3. The van der Waals surface area contributed by atoms with Crippen LogP contribution in [0.3, 0.4) is 0 Å². The van der Waals surface area contributed by atoms with Gasteiger partial charge in [-0.05, 0) is 54.2 Å². The second-order valence-corrected chi connectivity index (χ2v) is 10.7. The number of hydrogen-bond acceptors (Lipinski definition) is 5. The van der Waals surface area contributed by atoms with Gasteiger partial charge in [0.1, 0.15) is 17.7 Å². The Kier molecular flexibility index (Phi) is 6.37. The van der Waals surface area contributed by atoms with E-state index >= 15 is 0 Å². The summed E-state index contributed by atoms with van der Waals surface area (Å²) >= 11 is 0. The lowest BCUT2D eigenvalue weighted by Gasteiger charge is -2.35. The van der Waals surface area contributed by atoms with Gasteiger partial charge >= 0.3 is 0 Å². The summed E-state index contributed by atoms with van der Waals surface area (Å²) in [6, 6.07) is 15.0. The zero-order valence-corrected chi connectivity index (χ0v) is 22.4. The minimum atomic E-state index is -0.984. The van der Waals surface area contributed by atoms with Crippen molar-refractivity contribution in [3.05, 3.63) is 77.6 Å². The zero-order valence-electron chi connectivity index (χ0n) is 22.4. The minimum absolute atomic E-state index is 0.00675. The fourth-order valence-electron chi connectivity index (χ4n) is 6.42. The second kappa shape index (κ2) is 9.87. The van der Waals surface area contributed by atoms with Gasteiger partial charge in [-0.2, -0.15) is 5.10 Å². The van der Waals surface area contributed by atoms with E-state index in [1.165, 1.54) is 0 Å². The van der Waals surface area contributed by atoms with Crippen LogP contribution in [0, 0.1) is 0 Å². The molecular formula is C30H33N5O4. The van der Waals surface area contributed by atoms with Crippen molar-refractivity contribution < 1.29 is 19.1 Å². The van der Waals surface area contributed by atoms with Gasteiger partial charge in [0.25, 0.3) is 0 Å². The number of para-hydroxylation sites is 1. The van der Waals surface area contributed by atoms with Gasteiger partial charge in [-0.15, -0.1) is 0 Å². The van der Waals surface area contributed by atoms with Gasteiger partial charge in [-0.25, -0.2) is 0 Å². The molecule has 1 fully saturated rings. The maximum absolute atomic E-state index is 14.5. The highest BCUT2D eigenvalue weighted by molar-refractivity contribution is 6.12. The third-order valence-electron chi connectivity index (χ3n) is 8.33. The summed E-state index contributed by atoms with van der Waals surface area (Å²) < 4.78 is 7.79. The number of fused-ring (bicyclic) bond motifs is 6. The molecular weight excluding hydrogens is 494 g/mol. The van der Waals surface area contributed by atoms with Gasteiger partial charge < -0.3 is 19.4 Å². The largest absolute Gasteiger partial charge is 0.494 e. The number of nitrogens with zero attached hydrogens (tertiary/aromatic N) is 5. The number of aromatic nitrogens is 2. The highest BCUT2D eigenvalue weighted by atomic mass is 16.5. The van der Waals surface area contributed by atoms with Crippen LogP contribution in [0.5, 0.6) is 5.75 Å². The molecule has 0 radical (unpaired) electrons. The van der Waals surface area contributed by atoms with E-state index in [4.69, 9.17) is 4.74 Å². The van der Waals surface area contributed by atoms with Crippen LogP contribution in [0.15, 0.2) is 60.9 Å². The number of likely N-dealkylation sites (tertiary alicyclic amines) is 1. The lowest BCUT2D eigenvalue weighted by molar-refractivity contribution is -0.135. The summed E-state index contributed by atoms with van der Waals surface area (Å²) in [5, 5.41) is 4.22. The molecule has 1 aromatic heterocycles. The van der Waals surface area contributed by atoms with Crippen LogP contribution in [0.2, 0.25) is 0 Å². The number of amides is 3. The first-order valence-electron chi connectivity index (χ1n) is 13.5. The molecule has 3 aliphatic rings. The van der Waals surface area contributed by atoms with E-state index in [1.807, 2.05) is 66.7 Å². The zero-order chi connectivity index (χ0) is 27.1. The molecule has 1 saturated heterocycles. The molecule has 6 rings (SSSR count). The maximum atomic E-state index is 14.5. The van der Waals surface area contributed by atoms with Gasteiger partial charge in [0.05, 0.1) is 18.8 Å². The van der Waals surface area contributed by atoms with E-state index < -0.39 is 11.5 Å². The van der Waals surface area contributed by atoms with Crippen molar-refractivity contribution in [2.45, 2.75) is 37.1 Å². The molecule has 39 heavy (non-hydrogen) atoms. The molecule has 4 bridgehead atoms. The summed E-state index contributed by atoms with van der Waals surface area (Å²) in [6.07, 6.45) is 5.75. The summed E-state index contributed by atoms with van der Waals surface area (Å²) in [5.41, 5.74) is 2.50. The third-order valence-corrected chi connectivity index (χ3v) is 8.33. The average molecular weight is 528 g/mol. The van der Waals surface area contributed by atoms with Crippen molar-refractivity contribution >= 4 is 23.4 Å². The smallest absolute Gasteiger partial charge is 0.242 e. The van der Waals surface area contributed by atoms with Crippen LogP contribution in [-0.4, -0.2) is 70.6 Å². The SMILES string of the molecule is CN1CCCOc2cccc(c2)[C@@H]2N(C(=O)CCc3cnn(C)c3)CC[C@]23C(=O)N(CC1=O)c1ccccc13. The Morgan fingerprint density at radius 3 is 2.77 bits per heavy atom. The molecule has 3 aromatic rings. The number of benzene rings is 2. The van der Waals surface area contributed by atoms with Crippen LogP contribution in [0.1, 0.15) is 42.0 Å². The summed E-state index contributed by atoms with van der Waals surface area (Å²) in [4.78, 5) is 46.7. The molecule has 0 N–H and O–H groups in total. The fourth-order valence-corrected chi connectivity index (χ4v) is 6.42. The fraction of sp³-hybridized carbons (Fsp3) is 0.400. The average Bonchev–Trinajstić information content (AvgIpc) is 3.61. The Labute approximate surface area is 227 Å². The van der Waals surface area contributed by atoms with E-state index in [0.717, 1.165) is 22.4 Å². The lowest BCUT2D eigenvalue weighted by atomic mass is 9.72. The van der Waals surface area contributed by atoms with E-state index in [1.54, 1.807) is 27.7 Å². The first kappa shape index (κ1) is 25.2.